The van der Waals surface area contributed by atoms with Crippen LogP contribution in [0.15, 0.2) is 33.8 Å². The van der Waals surface area contributed by atoms with Crippen molar-refractivity contribution in [3.8, 4) is 11.5 Å². The molecule has 0 radical (unpaired) electrons. The van der Waals surface area contributed by atoms with Crippen LogP contribution in [0.1, 0.15) is 38.4 Å². The van der Waals surface area contributed by atoms with Gasteiger partial charge in [-0.1, -0.05) is 31.1 Å². The quantitative estimate of drug-likeness (QED) is 0.309. The van der Waals surface area contributed by atoms with Gasteiger partial charge in [-0.2, -0.15) is 4.98 Å². The van der Waals surface area contributed by atoms with Crippen molar-refractivity contribution >= 4 is 29.9 Å². The number of rotatable bonds is 9. The Balaban J connectivity index is 0.00000392. The SMILES string of the molecule is CN=C(NCCc1nc(C(C)C)no1)NCC(C)Oc1ccccc1OC.I. The van der Waals surface area contributed by atoms with Crippen molar-refractivity contribution in [2.24, 2.45) is 4.99 Å². The number of aliphatic imine (C=N–C) groups is 1. The van der Waals surface area contributed by atoms with Crippen molar-refractivity contribution in [2.45, 2.75) is 39.2 Å². The Morgan fingerprint density at radius 2 is 1.89 bits per heavy atom. The second-order valence-electron chi connectivity index (χ2n) is 6.41. The Hall–Kier alpha value is -2.04. The van der Waals surface area contributed by atoms with E-state index in [9.17, 15) is 0 Å². The summed E-state index contributed by atoms with van der Waals surface area (Å²) in [4.78, 5) is 8.57. The van der Waals surface area contributed by atoms with Gasteiger partial charge in [-0.05, 0) is 19.1 Å². The molecule has 8 nitrogen and oxygen atoms in total. The molecule has 1 aromatic carbocycles. The zero-order valence-corrected chi connectivity index (χ0v) is 19.4. The molecule has 0 amide bonds. The molecular weight excluding hydrogens is 473 g/mol. The van der Waals surface area contributed by atoms with Crippen LogP contribution in [0.5, 0.6) is 11.5 Å². The lowest BCUT2D eigenvalue weighted by Gasteiger charge is -2.18. The van der Waals surface area contributed by atoms with E-state index in [1.54, 1.807) is 14.2 Å². The van der Waals surface area contributed by atoms with E-state index in [1.807, 2.05) is 45.0 Å². The number of benzene rings is 1. The van der Waals surface area contributed by atoms with Crippen molar-refractivity contribution in [1.29, 1.82) is 0 Å². The fourth-order valence-electron chi connectivity index (χ4n) is 2.33. The van der Waals surface area contributed by atoms with Crippen LogP contribution in [-0.2, 0) is 6.42 Å². The number of nitrogens with zero attached hydrogens (tertiary/aromatic N) is 3. The van der Waals surface area contributed by atoms with E-state index in [1.165, 1.54) is 0 Å². The molecule has 9 heteroatoms. The number of hydrogen-bond donors (Lipinski definition) is 2. The molecule has 2 aromatic rings. The van der Waals surface area contributed by atoms with Gasteiger partial charge in [0.2, 0.25) is 5.89 Å². The number of hydrogen-bond acceptors (Lipinski definition) is 6. The average molecular weight is 503 g/mol. The molecule has 1 unspecified atom stereocenters. The van der Waals surface area contributed by atoms with Crippen molar-refractivity contribution in [3.05, 3.63) is 36.0 Å². The first-order valence-electron chi connectivity index (χ1n) is 9.10. The number of nitrogens with one attached hydrogen (secondary N) is 2. The third kappa shape index (κ3) is 7.53. The maximum atomic E-state index is 5.93. The van der Waals surface area contributed by atoms with Crippen molar-refractivity contribution < 1.29 is 14.0 Å². The molecule has 0 spiro atoms. The summed E-state index contributed by atoms with van der Waals surface area (Å²) in [6.07, 6.45) is 0.567. The van der Waals surface area contributed by atoms with Crippen molar-refractivity contribution in [2.75, 3.05) is 27.2 Å². The summed E-state index contributed by atoms with van der Waals surface area (Å²) in [5.74, 6) is 3.73. The topological polar surface area (TPSA) is 93.8 Å². The first kappa shape index (κ1) is 24.0. The van der Waals surface area contributed by atoms with E-state index in [0.717, 1.165) is 11.6 Å². The number of halogens is 1. The summed E-state index contributed by atoms with van der Waals surface area (Å²) in [5, 5.41) is 10.4. The minimum Gasteiger partial charge on any atom is -0.493 e. The van der Waals surface area contributed by atoms with Crippen molar-refractivity contribution in [1.82, 2.24) is 20.8 Å². The Kier molecular flexibility index (Phi) is 10.6. The maximum absolute atomic E-state index is 5.93. The molecule has 2 rings (SSSR count). The minimum atomic E-state index is -0.0654. The van der Waals surface area contributed by atoms with Gasteiger partial charge in [-0.25, -0.2) is 0 Å². The monoisotopic (exact) mass is 503 g/mol. The second-order valence-corrected chi connectivity index (χ2v) is 6.41. The molecule has 0 fully saturated rings. The average Bonchev–Trinajstić information content (AvgIpc) is 3.14. The van der Waals surface area contributed by atoms with E-state index >= 15 is 0 Å². The number of ether oxygens (including phenoxy) is 2. The van der Waals surface area contributed by atoms with Gasteiger partial charge >= 0.3 is 0 Å². The molecule has 0 aliphatic heterocycles. The highest BCUT2D eigenvalue weighted by atomic mass is 127. The molecule has 156 valence electrons. The largest absolute Gasteiger partial charge is 0.493 e. The molecule has 1 heterocycles. The van der Waals surface area contributed by atoms with Gasteiger partial charge in [-0.15, -0.1) is 24.0 Å². The van der Waals surface area contributed by atoms with Gasteiger partial charge in [0.1, 0.15) is 6.10 Å². The molecule has 1 atom stereocenters. The summed E-state index contributed by atoms with van der Waals surface area (Å²) < 4.78 is 16.5. The predicted octanol–water partition coefficient (Wildman–Crippen LogP) is 2.99. The molecular formula is C19H30IN5O3. The smallest absolute Gasteiger partial charge is 0.228 e. The van der Waals surface area contributed by atoms with Crippen LogP contribution in [0.3, 0.4) is 0 Å². The fourth-order valence-corrected chi connectivity index (χ4v) is 2.33. The van der Waals surface area contributed by atoms with E-state index in [2.05, 4.69) is 25.8 Å². The third-order valence-corrected chi connectivity index (χ3v) is 3.81. The van der Waals surface area contributed by atoms with E-state index in [-0.39, 0.29) is 36.0 Å². The number of methoxy groups -OCH3 is 1. The van der Waals surface area contributed by atoms with Gasteiger partial charge in [0.25, 0.3) is 0 Å². The Labute approximate surface area is 183 Å². The zero-order valence-electron chi connectivity index (χ0n) is 17.1. The Morgan fingerprint density at radius 1 is 1.18 bits per heavy atom. The zero-order chi connectivity index (χ0) is 19.6. The van der Waals surface area contributed by atoms with Crippen LogP contribution in [0, 0.1) is 0 Å². The summed E-state index contributed by atoms with van der Waals surface area (Å²) in [6.45, 7) is 7.29. The van der Waals surface area contributed by atoms with Crippen LogP contribution >= 0.6 is 24.0 Å². The highest BCUT2D eigenvalue weighted by Gasteiger charge is 2.11. The van der Waals surface area contributed by atoms with Gasteiger partial charge in [-0.3, -0.25) is 4.99 Å². The molecule has 0 bridgehead atoms. The third-order valence-electron chi connectivity index (χ3n) is 3.81. The van der Waals surface area contributed by atoms with Crippen molar-refractivity contribution in [3.63, 3.8) is 0 Å². The number of aromatic nitrogens is 2. The molecule has 1 aromatic heterocycles. The van der Waals surface area contributed by atoms with Gasteiger partial charge in [0.05, 0.1) is 13.7 Å². The van der Waals surface area contributed by atoms with Gasteiger partial charge in [0, 0.05) is 25.9 Å². The molecule has 0 saturated heterocycles. The molecule has 2 N–H and O–H groups in total. The lowest BCUT2D eigenvalue weighted by atomic mass is 10.2. The summed E-state index contributed by atoms with van der Waals surface area (Å²) in [7, 11) is 3.36. The molecule has 0 saturated carbocycles. The van der Waals surface area contributed by atoms with Crippen LogP contribution in [0.2, 0.25) is 0 Å². The first-order chi connectivity index (χ1) is 13.0. The molecule has 0 aliphatic rings. The van der Waals surface area contributed by atoms with Gasteiger partial charge in [0.15, 0.2) is 23.3 Å². The van der Waals surface area contributed by atoms with Gasteiger partial charge < -0.3 is 24.6 Å². The molecule has 0 aliphatic carbocycles. The van der Waals surface area contributed by atoms with E-state index in [4.69, 9.17) is 14.0 Å². The minimum absolute atomic E-state index is 0. The number of para-hydroxylation sites is 2. The summed E-state index contributed by atoms with van der Waals surface area (Å²) in [5.41, 5.74) is 0. The van der Waals surface area contributed by atoms with Crippen LogP contribution in [-0.4, -0.2) is 49.5 Å². The van der Waals surface area contributed by atoms with Crippen LogP contribution in [0.25, 0.3) is 0 Å². The Bertz CT molecular complexity index is 736. The molecule has 28 heavy (non-hydrogen) atoms. The standard InChI is InChI=1S/C19H29N5O3.HI/c1-13(2)18-23-17(27-24-18)10-11-21-19(20-4)22-12-14(3)26-16-9-7-6-8-15(16)25-5;/h6-9,13-14H,10-12H2,1-5H3,(H2,20,21,22);1H. The first-order valence-corrected chi connectivity index (χ1v) is 9.10. The fraction of sp³-hybridized carbons (Fsp3) is 0.526. The highest BCUT2D eigenvalue weighted by Crippen LogP contribution is 2.26. The summed E-state index contributed by atoms with van der Waals surface area (Å²) >= 11 is 0. The second kappa shape index (κ2) is 12.4. The Morgan fingerprint density at radius 3 is 2.50 bits per heavy atom. The number of guanidine groups is 1. The lowest BCUT2D eigenvalue weighted by Crippen LogP contribution is -2.42. The van der Waals surface area contributed by atoms with Crippen LogP contribution < -0.4 is 20.1 Å². The normalized spacial score (nSPS) is 12.3. The lowest BCUT2D eigenvalue weighted by molar-refractivity contribution is 0.213. The van der Waals surface area contributed by atoms with E-state index < -0.39 is 0 Å². The van der Waals surface area contributed by atoms with Crippen LogP contribution in [0.4, 0.5) is 0 Å². The predicted molar refractivity (Wildman–Crippen MR) is 120 cm³/mol. The maximum Gasteiger partial charge on any atom is 0.228 e. The highest BCUT2D eigenvalue weighted by molar-refractivity contribution is 14.0. The summed E-state index contributed by atoms with van der Waals surface area (Å²) in [6, 6.07) is 7.59. The van der Waals surface area contributed by atoms with E-state index in [0.29, 0.717) is 37.1 Å².